The molecular weight excluding hydrogens is 252 g/mol. The number of ether oxygens (including phenoxy) is 1. The standard InChI is InChI=1S/C16H24N2O2/c1-2-20-15-8-5-13(6-9-15)7-10-16(19)18-12-14-4-3-11-17-14/h5-6,8-9,14,17H,2-4,7,10-12H2,1H3,(H,18,19). The second-order valence-corrected chi connectivity index (χ2v) is 5.17. The number of carbonyl (C=O) groups excluding carboxylic acids is 1. The summed E-state index contributed by atoms with van der Waals surface area (Å²) in [5.41, 5.74) is 1.17. The number of aryl methyl sites for hydroxylation is 1. The number of carbonyl (C=O) groups is 1. The lowest BCUT2D eigenvalue weighted by Crippen LogP contribution is -2.37. The molecule has 4 nitrogen and oxygen atoms in total. The van der Waals surface area contributed by atoms with E-state index in [1.54, 1.807) is 0 Å². The van der Waals surface area contributed by atoms with Crippen LogP contribution in [0.5, 0.6) is 5.75 Å². The highest BCUT2D eigenvalue weighted by atomic mass is 16.5. The third kappa shape index (κ3) is 4.85. The molecule has 2 N–H and O–H groups in total. The van der Waals surface area contributed by atoms with Crippen LogP contribution in [0.2, 0.25) is 0 Å². The van der Waals surface area contributed by atoms with Crippen LogP contribution < -0.4 is 15.4 Å². The van der Waals surface area contributed by atoms with Crippen LogP contribution in [0.3, 0.4) is 0 Å². The lowest BCUT2D eigenvalue weighted by Gasteiger charge is -2.11. The van der Waals surface area contributed by atoms with Gasteiger partial charge in [0.1, 0.15) is 5.75 Å². The van der Waals surface area contributed by atoms with Crippen molar-refractivity contribution in [1.29, 1.82) is 0 Å². The van der Waals surface area contributed by atoms with Gasteiger partial charge in [-0.05, 0) is 50.4 Å². The SMILES string of the molecule is CCOc1ccc(CCC(=O)NCC2CCCN2)cc1. The minimum atomic E-state index is 0.132. The summed E-state index contributed by atoms with van der Waals surface area (Å²) in [6.07, 6.45) is 3.70. The molecule has 0 spiro atoms. The highest BCUT2D eigenvalue weighted by Gasteiger charge is 2.14. The Labute approximate surface area is 120 Å². The second-order valence-electron chi connectivity index (χ2n) is 5.17. The van der Waals surface area contributed by atoms with Gasteiger partial charge in [-0.3, -0.25) is 4.79 Å². The summed E-state index contributed by atoms with van der Waals surface area (Å²) < 4.78 is 5.40. The lowest BCUT2D eigenvalue weighted by molar-refractivity contribution is -0.121. The van der Waals surface area contributed by atoms with E-state index in [4.69, 9.17) is 4.74 Å². The molecule has 1 aliphatic heterocycles. The van der Waals surface area contributed by atoms with Gasteiger partial charge in [-0.1, -0.05) is 12.1 Å². The second kappa shape index (κ2) is 7.90. The predicted molar refractivity (Wildman–Crippen MR) is 80.0 cm³/mol. The Hall–Kier alpha value is -1.55. The molecule has 0 aliphatic carbocycles. The fourth-order valence-electron chi connectivity index (χ4n) is 2.43. The highest BCUT2D eigenvalue weighted by molar-refractivity contribution is 5.76. The van der Waals surface area contributed by atoms with E-state index in [1.807, 2.05) is 31.2 Å². The number of nitrogens with one attached hydrogen (secondary N) is 2. The molecule has 1 unspecified atom stereocenters. The average Bonchev–Trinajstić information content (AvgIpc) is 2.98. The molecule has 4 heteroatoms. The Balaban J connectivity index is 1.66. The van der Waals surface area contributed by atoms with Crippen molar-refractivity contribution in [3.8, 4) is 5.75 Å². The summed E-state index contributed by atoms with van der Waals surface area (Å²) in [6, 6.07) is 8.43. The van der Waals surface area contributed by atoms with Crippen LogP contribution in [0.15, 0.2) is 24.3 Å². The molecule has 20 heavy (non-hydrogen) atoms. The topological polar surface area (TPSA) is 50.4 Å². The fourth-order valence-corrected chi connectivity index (χ4v) is 2.43. The van der Waals surface area contributed by atoms with Crippen molar-refractivity contribution in [3.63, 3.8) is 0 Å². The zero-order valence-corrected chi connectivity index (χ0v) is 12.2. The summed E-state index contributed by atoms with van der Waals surface area (Å²) in [4.78, 5) is 11.8. The monoisotopic (exact) mass is 276 g/mol. The number of hydrogen-bond acceptors (Lipinski definition) is 3. The van der Waals surface area contributed by atoms with Gasteiger partial charge in [-0.15, -0.1) is 0 Å². The summed E-state index contributed by atoms with van der Waals surface area (Å²) in [5.74, 6) is 1.01. The van der Waals surface area contributed by atoms with E-state index in [1.165, 1.54) is 18.4 Å². The van der Waals surface area contributed by atoms with E-state index in [2.05, 4.69) is 10.6 Å². The Morgan fingerprint density at radius 3 is 2.85 bits per heavy atom. The molecule has 1 aromatic rings. The van der Waals surface area contributed by atoms with Crippen molar-refractivity contribution in [1.82, 2.24) is 10.6 Å². The number of benzene rings is 1. The van der Waals surface area contributed by atoms with Crippen molar-refractivity contribution in [2.75, 3.05) is 19.7 Å². The van der Waals surface area contributed by atoms with Crippen LogP contribution in [-0.4, -0.2) is 31.6 Å². The van der Waals surface area contributed by atoms with Gasteiger partial charge in [0.2, 0.25) is 5.91 Å². The molecule has 1 saturated heterocycles. The normalized spacial score (nSPS) is 17.9. The summed E-state index contributed by atoms with van der Waals surface area (Å²) >= 11 is 0. The highest BCUT2D eigenvalue weighted by Crippen LogP contribution is 2.13. The maximum atomic E-state index is 11.8. The van der Waals surface area contributed by atoms with Gasteiger partial charge in [-0.2, -0.15) is 0 Å². The minimum absolute atomic E-state index is 0.132. The Morgan fingerprint density at radius 2 is 2.20 bits per heavy atom. The molecule has 2 rings (SSSR count). The lowest BCUT2D eigenvalue weighted by atomic mass is 10.1. The van der Waals surface area contributed by atoms with Gasteiger partial charge in [0.15, 0.2) is 0 Å². The molecule has 110 valence electrons. The summed E-state index contributed by atoms with van der Waals surface area (Å²) in [5, 5.41) is 6.38. The van der Waals surface area contributed by atoms with Crippen molar-refractivity contribution in [2.45, 2.75) is 38.6 Å². The first-order chi connectivity index (χ1) is 9.78. The van der Waals surface area contributed by atoms with E-state index in [0.29, 0.717) is 19.1 Å². The Kier molecular flexibility index (Phi) is 5.87. The van der Waals surface area contributed by atoms with Gasteiger partial charge in [-0.25, -0.2) is 0 Å². The Bertz CT molecular complexity index is 411. The summed E-state index contributed by atoms with van der Waals surface area (Å²) in [6.45, 7) is 4.48. The first kappa shape index (κ1) is 14.9. The van der Waals surface area contributed by atoms with Crippen LogP contribution in [0.1, 0.15) is 31.7 Å². The van der Waals surface area contributed by atoms with Gasteiger partial charge in [0.05, 0.1) is 6.61 Å². The van der Waals surface area contributed by atoms with E-state index in [0.717, 1.165) is 25.3 Å². The molecule has 0 radical (unpaired) electrons. The van der Waals surface area contributed by atoms with E-state index in [-0.39, 0.29) is 5.91 Å². The first-order valence-electron chi connectivity index (χ1n) is 7.49. The van der Waals surface area contributed by atoms with Gasteiger partial charge in [0, 0.05) is 19.0 Å². The minimum Gasteiger partial charge on any atom is -0.494 e. The van der Waals surface area contributed by atoms with E-state index >= 15 is 0 Å². The molecule has 1 aromatic carbocycles. The number of rotatable bonds is 7. The maximum absolute atomic E-state index is 11.8. The molecule has 1 heterocycles. The van der Waals surface area contributed by atoms with Crippen molar-refractivity contribution >= 4 is 5.91 Å². The quantitative estimate of drug-likeness (QED) is 0.799. The van der Waals surface area contributed by atoms with Gasteiger partial charge < -0.3 is 15.4 Å². The van der Waals surface area contributed by atoms with Gasteiger partial charge >= 0.3 is 0 Å². The van der Waals surface area contributed by atoms with Crippen molar-refractivity contribution < 1.29 is 9.53 Å². The van der Waals surface area contributed by atoms with Crippen LogP contribution in [0, 0.1) is 0 Å². The molecule has 1 fully saturated rings. The molecular formula is C16H24N2O2. The van der Waals surface area contributed by atoms with Gasteiger partial charge in [0.25, 0.3) is 0 Å². The van der Waals surface area contributed by atoms with Crippen LogP contribution >= 0.6 is 0 Å². The Morgan fingerprint density at radius 1 is 1.40 bits per heavy atom. The number of amides is 1. The largest absolute Gasteiger partial charge is 0.494 e. The molecule has 1 atom stereocenters. The third-order valence-corrected chi connectivity index (χ3v) is 3.58. The average molecular weight is 276 g/mol. The molecule has 0 saturated carbocycles. The third-order valence-electron chi connectivity index (χ3n) is 3.58. The molecule has 0 aromatic heterocycles. The number of hydrogen-bond donors (Lipinski definition) is 2. The van der Waals surface area contributed by atoms with Crippen LogP contribution in [0.25, 0.3) is 0 Å². The van der Waals surface area contributed by atoms with Crippen molar-refractivity contribution in [2.24, 2.45) is 0 Å². The fraction of sp³-hybridized carbons (Fsp3) is 0.562. The van der Waals surface area contributed by atoms with Crippen molar-refractivity contribution in [3.05, 3.63) is 29.8 Å². The van der Waals surface area contributed by atoms with Crippen LogP contribution in [-0.2, 0) is 11.2 Å². The van der Waals surface area contributed by atoms with E-state index in [9.17, 15) is 4.79 Å². The predicted octanol–water partition coefficient (Wildman–Crippen LogP) is 1.89. The zero-order valence-electron chi connectivity index (χ0n) is 12.2. The maximum Gasteiger partial charge on any atom is 0.220 e. The zero-order chi connectivity index (χ0) is 14.2. The molecule has 0 bridgehead atoms. The molecule has 1 aliphatic rings. The molecule has 1 amide bonds. The summed E-state index contributed by atoms with van der Waals surface area (Å²) in [7, 11) is 0. The van der Waals surface area contributed by atoms with Crippen LogP contribution in [0.4, 0.5) is 0 Å². The smallest absolute Gasteiger partial charge is 0.220 e. The first-order valence-corrected chi connectivity index (χ1v) is 7.49. The van der Waals surface area contributed by atoms with E-state index < -0.39 is 0 Å².